The van der Waals surface area contributed by atoms with Gasteiger partial charge in [0, 0.05) is 30.6 Å². The number of piperidine rings is 1. The van der Waals surface area contributed by atoms with Gasteiger partial charge in [-0.3, -0.25) is 9.80 Å². The average Bonchev–Trinajstić information content (AvgIpc) is 2.63. The molecule has 1 aliphatic heterocycles. The van der Waals surface area contributed by atoms with Crippen LogP contribution in [0.1, 0.15) is 45.1 Å². The fourth-order valence-electron chi connectivity index (χ4n) is 3.77. The molecule has 0 unspecified atom stereocenters. The number of alkyl halides is 1. The summed E-state index contributed by atoms with van der Waals surface area (Å²) >= 11 is 3.40. The molecule has 4 heteroatoms. The van der Waals surface area contributed by atoms with Gasteiger partial charge in [0.25, 0.3) is 0 Å². The third-order valence-corrected chi connectivity index (χ3v) is 5.44. The van der Waals surface area contributed by atoms with Crippen LogP contribution in [-0.4, -0.2) is 60.1 Å². The predicted octanol–water partition coefficient (Wildman–Crippen LogP) is 4.55. The van der Waals surface area contributed by atoms with Gasteiger partial charge in [-0.15, -0.1) is 0 Å². The van der Waals surface area contributed by atoms with E-state index in [1.807, 2.05) is 0 Å². The van der Waals surface area contributed by atoms with E-state index in [4.69, 9.17) is 4.74 Å². The van der Waals surface area contributed by atoms with E-state index in [0.717, 1.165) is 31.1 Å². The molecule has 0 bridgehead atoms. The summed E-state index contributed by atoms with van der Waals surface area (Å²) in [5, 5.41) is 0.937. The summed E-state index contributed by atoms with van der Waals surface area (Å²) in [5.41, 5.74) is 1.44. The molecule has 0 spiro atoms. The molecule has 3 nitrogen and oxygen atoms in total. The first-order valence-corrected chi connectivity index (χ1v) is 11.0. The van der Waals surface area contributed by atoms with E-state index in [9.17, 15) is 0 Å². The molecule has 0 saturated carbocycles. The van der Waals surface area contributed by atoms with Gasteiger partial charge in [0.15, 0.2) is 0 Å². The van der Waals surface area contributed by atoms with Crippen LogP contribution in [0.25, 0.3) is 0 Å². The van der Waals surface area contributed by atoms with E-state index in [1.54, 1.807) is 0 Å². The van der Waals surface area contributed by atoms with Crippen LogP contribution < -0.4 is 0 Å². The lowest BCUT2D eigenvalue weighted by Gasteiger charge is -2.40. The van der Waals surface area contributed by atoms with Crippen molar-refractivity contribution in [1.82, 2.24) is 9.80 Å². The van der Waals surface area contributed by atoms with Crippen LogP contribution >= 0.6 is 15.9 Å². The fraction of sp³-hybridized carbons (Fsp3) is 0.714. The van der Waals surface area contributed by atoms with Crippen molar-refractivity contribution in [2.45, 2.75) is 58.2 Å². The molecule has 0 aliphatic carbocycles. The minimum Gasteiger partial charge on any atom is -0.381 e. The number of ether oxygens (including phenoxy) is 1. The molecule has 1 aliphatic rings. The smallest absolute Gasteiger partial charge is 0.0563 e. The lowest BCUT2D eigenvalue weighted by molar-refractivity contribution is 0.0761. The van der Waals surface area contributed by atoms with Crippen molar-refractivity contribution in [1.29, 1.82) is 0 Å². The number of halogens is 1. The maximum Gasteiger partial charge on any atom is 0.0563 e. The van der Waals surface area contributed by atoms with Gasteiger partial charge in [-0.05, 0) is 64.7 Å². The highest BCUT2D eigenvalue weighted by molar-refractivity contribution is 9.09. The first-order valence-electron chi connectivity index (χ1n) is 9.86. The molecular formula is C21H35BrN2O. The van der Waals surface area contributed by atoms with Crippen LogP contribution in [0.15, 0.2) is 30.3 Å². The van der Waals surface area contributed by atoms with Gasteiger partial charge in [-0.2, -0.15) is 0 Å². The van der Waals surface area contributed by atoms with Crippen molar-refractivity contribution in [3.05, 3.63) is 35.9 Å². The average molecular weight is 411 g/mol. The molecule has 142 valence electrons. The Morgan fingerprint density at radius 1 is 1.12 bits per heavy atom. The first-order chi connectivity index (χ1) is 12.2. The normalized spacial score (nSPS) is 16.8. The van der Waals surface area contributed by atoms with Gasteiger partial charge in [-0.25, -0.2) is 0 Å². The number of nitrogens with zero attached hydrogens (tertiary/aromatic N) is 2. The molecule has 0 amide bonds. The van der Waals surface area contributed by atoms with Crippen molar-refractivity contribution < 1.29 is 4.74 Å². The largest absolute Gasteiger partial charge is 0.381 e. The zero-order chi connectivity index (χ0) is 17.9. The minimum absolute atomic E-state index is 0.633. The lowest BCUT2D eigenvalue weighted by Crippen LogP contribution is -2.47. The van der Waals surface area contributed by atoms with Crippen molar-refractivity contribution in [3.63, 3.8) is 0 Å². The van der Waals surface area contributed by atoms with Crippen molar-refractivity contribution in [2.75, 3.05) is 38.2 Å². The summed E-state index contributed by atoms with van der Waals surface area (Å²) in [5.74, 6) is 0. The third kappa shape index (κ3) is 7.78. The molecule has 1 heterocycles. The fourth-order valence-corrected chi connectivity index (χ4v) is 4.00. The number of hydrogen-bond donors (Lipinski definition) is 0. The van der Waals surface area contributed by atoms with E-state index < -0.39 is 0 Å². The van der Waals surface area contributed by atoms with Gasteiger partial charge in [0.1, 0.15) is 0 Å². The van der Waals surface area contributed by atoms with Crippen molar-refractivity contribution in [3.8, 4) is 0 Å². The van der Waals surface area contributed by atoms with Crippen LogP contribution in [0, 0.1) is 0 Å². The molecule has 0 aromatic heterocycles. The monoisotopic (exact) mass is 410 g/mol. The second-order valence-electron chi connectivity index (χ2n) is 7.33. The van der Waals surface area contributed by atoms with Crippen molar-refractivity contribution >= 4 is 15.9 Å². The molecule has 0 N–H and O–H groups in total. The third-order valence-electron chi connectivity index (χ3n) is 5.11. The molecule has 0 radical (unpaired) electrons. The summed E-state index contributed by atoms with van der Waals surface area (Å²) in [6.07, 6.45) is 5.00. The number of likely N-dealkylation sites (tertiary alicyclic amines) is 1. The van der Waals surface area contributed by atoms with E-state index in [1.165, 1.54) is 50.9 Å². The first kappa shape index (κ1) is 20.9. The highest BCUT2D eigenvalue weighted by Crippen LogP contribution is 2.21. The molecule has 1 aromatic rings. The van der Waals surface area contributed by atoms with Gasteiger partial charge in [0.05, 0.1) is 6.61 Å². The Balaban J connectivity index is 1.70. The number of benzene rings is 1. The predicted molar refractivity (Wildman–Crippen MR) is 110 cm³/mol. The topological polar surface area (TPSA) is 15.7 Å². The quantitative estimate of drug-likeness (QED) is 0.392. The Morgan fingerprint density at radius 3 is 2.48 bits per heavy atom. The van der Waals surface area contributed by atoms with Crippen LogP contribution in [0.2, 0.25) is 0 Å². The molecule has 1 saturated heterocycles. The SMILES string of the molecule is CC(C)N(CCCCOCCBr)C1CCN(Cc2ccccc2)CC1. The van der Waals surface area contributed by atoms with Gasteiger partial charge in [0.2, 0.25) is 0 Å². The van der Waals surface area contributed by atoms with Crippen LogP contribution in [0.3, 0.4) is 0 Å². The Kier molecular flexibility index (Phi) is 10.1. The summed E-state index contributed by atoms with van der Waals surface area (Å²) in [6.45, 7) is 11.2. The summed E-state index contributed by atoms with van der Waals surface area (Å²) in [7, 11) is 0. The Hall–Kier alpha value is -0.420. The Bertz CT molecular complexity index is 446. The zero-order valence-corrected chi connectivity index (χ0v) is 17.6. The highest BCUT2D eigenvalue weighted by Gasteiger charge is 2.25. The summed E-state index contributed by atoms with van der Waals surface area (Å²) in [4.78, 5) is 5.34. The van der Waals surface area contributed by atoms with Crippen LogP contribution in [0.5, 0.6) is 0 Å². The Morgan fingerprint density at radius 2 is 1.84 bits per heavy atom. The van der Waals surface area contributed by atoms with E-state index >= 15 is 0 Å². The highest BCUT2D eigenvalue weighted by atomic mass is 79.9. The molecule has 2 rings (SSSR count). The summed E-state index contributed by atoms with van der Waals surface area (Å²) in [6, 6.07) is 12.2. The van der Waals surface area contributed by atoms with Crippen LogP contribution in [0.4, 0.5) is 0 Å². The molecule has 1 aromatic carbocycles. The molecule has 1 fully saturated rings. The lowest BCUT2D eigenvalue weighted by atomic mass is 10.0. The number of unbranched alkanes of at least 4 members (excludes halogenated alkanes) is 1. The van der Waals surface area contributed by atoms with E-state index in [0.29, 0.717) is 6.04 Å². The zero-order valence-electron chi connectivity index (χ0n) is 16.0. The second kappa shape index (κ2) is 12.1. The number of rotatable bonds is 11. The van der Waals surface area contributed by atoms with Crippen LogP contribution in [-0.2, 0) is 11.3 Å². The molecule has 0 atom stereocenters. The maximum absolute atomic E-state index is 5.57. The standard InChI is InChI=1S/C21H35BrN2O/c1-19(2)24(13-6-7-16-25-17-12-22)21-10-14-23(15-11-21)18-20-8-4-3-5-9-20/h3-5,8-9,19,21H,6-7,10-18H2,1-2H3. The summed E-state index contributed by atoms with van der Waals surface area (Å²) < 4.78 is 5.57. The number of hydrogen-bond acceptors (Lipinski definition) is 3. The maximum atomic E-state index is 5.57. The molecule has 25 heavy (non-hydrogen) atoms. The van der Waals surface area contributed by atoms with Gasteiger partial charge < -0.3 is 4.74 Å². The Labute approximate surface area is 162 Å². The van der Waals surface area contributed by atoms with E-state index in [-0.39, 0.29) is 0 Å². The minimum atomic E-state index is 0.633. The van der Waals surface area contributed by atoms with Gasteiger partial charge in [-0.1, -0.05) is 46.3 Å². The second-order valence-corrected chi connectivity index (χ2v) is 8.13. The van der Waals surface area contributed by atoms with Gasteiger partial charge >= 0.3 is 0 Å². The molecular weight excluding hydrogens is 376 g/mol. The van der Waals surface area contributed by atoms with Crippen molar-refractivity contribution in [2.24, 2.45) is 0 Å². The van der Waals surface area contributed by atoms with E-state index in [2.05, 4.69) is 69.9 Å².